The van der Waals surface area contributed by atoms with Crippen LogP contribution in [0, 0.1) is 21.7 Å². The fraction of sp³-hybridized carbons (Fsp3) is 0.724. The van der Waals surface area contributed by atoms with Gasteiger partial charge in [0.2, 0.25) is 11.6 Å². The van der Waals surface area contributed by atoms with Gasteiger partial charge in [-0.3, -0.25) is 23.7 Å². The van der Waals surface area contributed by atoms with E-state index >= 15 is 0 Å². The summed E-state index contributed by atoms with van der Waals surface area (Å²) in [6, 6.07) is 1.32. The number of rotatable bonds is 7. The van der Waals surface area contributed by atoms with Crippen LogP contribution in [0.2, 0.25) is 0 Å². The molecule has 1 aliphatic rings. The first-order valence-electron chi connectivity index (χ1n) is 14.1. The molecule has 0 radical (unpaired) electrons. The number of amides is 1. The second-order valence-corrected chi connectivity index (χ2v) is 14.8. The maximum Gasteiger partial charge on any atom is 0.351 e. The van der Waals surface area contributed by atoms with Gasteiger partial charge in [0.25, 0.3) is 0 Å². The van der Waals surface area contributed by atoms with Gasteiger partial charge in [-0.25, -0.2) is 4.79 Å². The summed E-state index contributed by atoms with van der Waals surface area (Å²) in [5, 5.41) is 6.31. The van der Waals surface area contributed by atoms with Crippen molar-refractivity contribution in [1.29, 1.82) is 0 Å². The lowest BCUT2D eigenvalue weighted by Crippen LogP contribution is -2.51. The van der Waals surface area contributed by atoms with Crippen LogP contribution < -0.4 is 11.0 Å². The molecule has 0 aliphatic carbocycles. The summed E-state index contributed by atoms with van der Waals surface area (Å²) in [7, 11) is 0. The Morgan fingerprint density at radius 1 is 0.932 bits per heavy atom. The molecule has 1 aliphatic heterocycles. The van der Waals surface area contributed by atoms with Crippen LogP contribution in [0.15, 0.2) is 22.2 Å². The van der Waals surface area contributed by atoms with Gasteiger partial charge in [-0.2, -0.15) is 4.98 Å². The van der Waals surface area contributed by atoms with Gasteiger partial charge in [0.05, 0.1) is 16.2 Å². The van der Waals surface area contributed by atoms with Crippen molar-refractivity contribution in [3.8, 4) is 0 Å². The van der Waals surface area contributed by atoms with E-state index in [1.165, 1.54) is 12.3 Å². The quantitative estimate of drug-likeness (QED) is 0.151. The second-order valence-electron chi connectivity index (χ2n) is 14.8. The Balaban J connectivity index is 2.77. The molecule has 0 unspecified atom stereocenters. The third-order valence-electron chi connectivity index (χ3n) is 6.31. The maximum atomic E-state index is 13.3. The van der Waals surface area contributed by atoms with Crippen molar-refractivity contribution in [2.45, 2.75) is 107 Å². The molecule has 244 valence electrons. The van der Waals surface area contributed by atoms with E-state index in [0.29, 0.717) is 0 Å². The lowest BCUT2D eigenvalue weighted by atomic mass is 9.95. The molecule has 1 amide bonds. The number of carbonyl (C=O) groups is 4. The van der Waals surface area contributed by atoms with Crippen molar-refractivity contribution >= 4 is 29.6 Å². The summed E-state index contributed by atoms with van der Waals surface area (Å²) in [6.45, 7) is 18.6. The van der Waals surface area contributed by atoms with E-state index < -0.39 is 81.9 Å². The fourth-order valence-corrected chi connectivity index (χ4v) is 3.50. The highest BCUT2D eigenvalue weighted by Crippen LogP contribution is 2.44. The van der Waals surface area contributed by atoms with Crippen LogP contribution in [0.1, 0.15) is 89.3 Å². The van der Waals surface area contributed by atoms with E-state index in [2.05, 4.69) is 20.3 Å². The first-order chi connectivity index (χ1) is 19.8. The number of hydrogen-bond acceptors (Lipinski definition) is 11. The lowest BCUT2D eigenvalue weighted by molar-refractivity contribution is -0.188. The summed E-state index contributed by atoms with van der Waals surface area (Å²) in [5.74, 6) is -2.68. The van der Waals surface area contributed by atoms with E-state index in [1.807, 2.05) is 0 Å². The van der Waals surface area contributed by atoms with Crippen LogP contribution in [0.25, 0.3) is 10.4 Å². The average Bonchev–Trinajstić information content (AvgIpc) is 3.13. The Labute approximate surface area is 256 Å². The van der Waals surface area contributed by atoms with Gasteiger partial charge in [-0.15, -0.1) is 0 Å². The smallest absolute Gasteiger partial charge is 0.351 e. The molecule has 44 heavy (non-hydrogen) atoms. The van der Waals surface area contributed by atoms with Gasteiger partial charge in [-0.05, 0) is 73.9 Å². The van der Waals surface area contributed by atoms with E-state index in [4.69, 9.17) is 18.9 Å². The van der Waals surface area contributed by atoms with Crippen molar-refractivity contribution in [2.24, 2.45) is 26.8 Å². The SMILES string of the molecule is CC(C)(C)C(=O)Nc1ccn([C@@H]2O[C@@](COC(=O)C(C)(C)C)(N=[N+]=[N-])[C@@H](OC(=O)C(C)(C)C)[C@H]2OC(=O)C(C)(C)C)c(=O)n1. The zero-order valence-electron chi connectivity index (χ0n) is 27.5. The highest BCUT2D eigenvalue weighted by atomic mass is 16.7. The van der Waals surface area contributed by atoms with Crippen molar-refractivity contribution in [1.82, 2.24) is 9.55 Å². The predicted molar refractivity (Wildman–Crippen MR) is 158 cm³/mol. The number of azide groups is 1. The standard InChI is InChI=1S/C29H44N6O9/c1-25(2,3)20(36)31-16-13-14-35(24(40)32-16)19-17(42-22(38)27(7,8)9)18(43-23(39)28(10,11)12)29(44-19,33-34-30)15-41-21(37)26(4,5)6/h13-14,17-19H,15H2,1-12H3,(H,31,32,36,40)/t17-,18+,19-,29-/m1/s1. The Hall–Kier alpha value is -3.97. The Morgan fingerprint density at radius 3 is 1.91 bits per heavy atom. The summed E-state index contributed by atoms with van der Waals surface area (Å²) < 4.78 is 24.1. The van der Waals surface area contributed by atoms with E-state index in [1.54, 1.807) is 83.1 Å². The molecule has 0 saturated carbocycles. The summed E-state index contributed by atoms with van der Waals surface area (Å²) in [5.41, 5.74) is 2.49. The minimum atomic E-state index is -2.28. The van der Waals surface area contributed by atoms with Gasteiger partial charge in [0.15, 0.2) is 18.4 Å². The second kappa shape index (κ2) is 12.6. The van der Waals surface area contributed by atoms with Crippen LogP contribution in [0.4, 0.5) is 5.82 Å². The summed E-state index contributed by atoms with van der Waals surface area (Å²) in [6.07, 6.45) is -3.61. The summed E-state index contributed by atoms with van der Waals surface area (Å²) in [4.78, 5) is 71.7. The zero-order chi connectivity index (χ0) is 34.1. The molecule has 15 nitrogen and oxygen atoms in total. The molecular formula is C29H44N6O9. The zero-order valence-corrected chi connectivity index (χ0v) is 27.5. The number of aromatic nitrogens is 2. The molecule has 0 aromatic carbocycles. The monoisotopic (exact) mass is 620 g/mol. The van der Waals surface area contributed by atoms with Crippen LogP contribution in [0.5, 0.6) is 0 Å². The van der Waals surface area contributed by atoms with Gasteiger partial charge in [0.1, 0.15) is 12.4 Å². The molecule has 1 aromatic heterocycles. The normalized spacial score (nSPS) is 22.4. The maximum absolute atomic E-state index is 13.3. The molecule has 1 aromatic rings. The average molecular weight is 621 g/mol. The molecule has 15 heteroatoms. The largest absolute Gasteiger partial charge is 0.462 e. The fourth-order valence-electron chi connectivity index (χ4n) is 3.50. The highest BCUT2D eigenvalue weighted by Gasteiger charge is 2.62. The molecule has 1 N–H and O–H groups in total. The van der Waals surface area contributed by atoms with Crippen molar-refractivity contribution in [3.63, 3.8) is 0 Å². The number of nitrogens with zero attached hydrogens (tertiary/aromatic N) is 5. The van der Waals surface area contributed by atoms with Crippen LogP contribution >= 0.6 is 0 Å². The minimum Gasteiger partial charge on any atom is -0.462 e. The topological polar surface area (TPSA) is 201 Å². The van der Waals surface area contributed by atoms with Crippen LogP contribution in [-0.2, 0) is 38.1 Å². The van der Waals surface area contributed by atoms with Gasteiger partial charge in [-0.1, -0.05) is 25.9 Å². The molecule has 2 heterocycles. The molecule has 2 rings (SSSR count). The van der Waals surface area contributed by atoms with Crippen molar-refractivity contribution < 1.29 is 38.1 Å². The molecular weight excluding hydrogens is 576 g/mol. The van der Waals surface area contributed by atoms with Gasteiger partial charge >= 0.3 is 23.6 Å². The Bertz CT molecular complexity index is 1390. The third kappa shape index (κ3) is 8.56. The minimum absolute atomic E-state index is 0.0523. The Morgan fingerprint density at radius 2 is 1.45 bits per heavy atom. The van der Waals surface area contributed by atoms with Crippen LogP contribution in [-0.4, -0.2) is 57.9 Å². The number of nitrogens with one attached hydrogen (secondary N) is 1. The van der Waals surface area contributed by atoms with Gasteiger partial charge in [0, 0.05) is 16.5 Å². The number of hydrogen-bond donors (Lipinski definition) is 1. The van der Waals surface area contributed by atoms with E-state index in [-0.39, 0.29) is 5.82 Å². The van der Waals surface area contributed by atoms with Crippen LogP contribution in [0.3, 0.4) is 0 Å². The highest BCUT2D eigenvalue weighted by molar-refractivity contribution is 5.93. The number of carbonyl (C=O) groups excluding carboxylic acids is 4. The van der Waals surface area contributed by atoms with Gasteiger partial charge < -0.3 is 24.3 Å². The molecule has 1 fully saturated rings. The van der Waals surface area contributed by atoms with E-state index in [0.717, 1.165) is 4.57 Å². The third-order valence-corrected chi connectivity index (χ3v) is 6.31. The van der Waals surface area contributed by atoms with E-state index in [9.17, 15) is 29.5 Å². The predicted octanol–water partition coefficient (Wildman–Crippen LogP) is 4.27. The summed E-state index contributed by atoms with van der Waals surface area (Å²) >= 11 is 0. The molecule has 4 atom stereocenters. The van der Waals surface area contributed by atoms with Crippen molar-refractivity contribution in [3.05, 3.63) is 33.2 Å². The first kappa shape index (κ1) is 36.2. The molecule has 1 saturated heterocycles. The molecule has 0 bridgehead atoms. The number of anilines is 1. The lowest BCUT2D eigenvalue weighted by Gasteiger charge is -2.33. The first-order valence-corrected chi connectivity index (χ1v) is 14.1. The number of ether oxygens (including phenoxy) is 4. The molecule has 0 spiro atoms. The number of esters is 3. The van der Waals surface area contributed by atoms with Crippen molar-refractivity contribution in [2.75, 3.05) is 11.9 Å². The Kier molecular flexibility index (Phi) is 10.3.